The molecule has 0 saturated carbocycles. The molecule has 14 nitrogen and oxygen atoms in total. The fourth-order valence-corrected chi connectivity index (χ4v) is 0. The summed E-state index contributed by atoms with van der Waals surface area (Å²) in [7, 11) is 0. The van der Waals surface area contributed by atoms with Crippen molar-refractivity contribution in [2.24, 2.45) is 0 Å². The van der Waals surface area contributed by atoms with Gasteiger partial charge < -0.3 is 0 Å². The average Bonchev–Trinajstić information content (AvgIpc) is 2.56. The highest BCUT2D eigenvalue weighted by atomic mass is 17.6. The van der Waals surface area contributed by atoms with Gasteiger partial charge in [0.05, 0.1) is 0 Å². The molecular formula is C4H22O14. The molecule has 0 heterocycles. The van der Waals surface area contributed by atoms with E-state index >= 15 is 0 Å². The van der Waals surface area contributed by atoms with E-state index in [1.165, 1.54) is 0 Å². The quantitative estimate of drug-likeness (QED) is 0.258. The maximum Gasteiger partial charge on any atom is -0.0395 e. The molecule has 0 aliphatic rings. The van der Waals surface area contributed by atoms with Crippen molar-refractivity contribution in [3.05, 3.63) is 0 Å². The lowest BCUT2D eigenvalue weighted by molar-refractivity contribution is -0.611. The summed E-state index contributed by atoms with van der Waals surface area (Å²) < 4.78 is 0. The molecule has 18 heavy (non-hydrogen) atoms. The van der Waals surface area contributed by atoms with Gasteiger partial charge in [0.25, 0.3) is 0 Å². The lowest BCUT2D eigenvalue weighted by Crippen LogP contribution is -1.75. The van der Waals surface area contributed by atoms with Crippen LogP contribution in [0.25, 0.3) is 0 Å². The molecule has 10 N–H and O–H groups in total. The minimum atomic E-state index is 2.00. The Balaban J connectivity index is -0.0000000163. The van der Waals surface area contributed by atoms with E-state index in [4.69, 9.17) is 52.6 Å². The van der Waals surface area contributed by atoms with E-state index in [0.29, 0.717) is 0 Å². The first kappa shape index (κ1) is 43.2. The molecule has 122 valence electrons. The van der Waals surface area contributed by atoms with Crippen molar-refractivity contribution in [1.29, 1.82) is 0 Å². The lowest BCUT2D eigenvalue weighted by Gasteiger charge is -1.71. The van der Waals surface area contributed by atoms with Crippen LogP contribution in [-0.2, 0) is 20.2 Å². The summed E-state index contributed by atoms with van der Waals surface area (Å²) in [6.07, 6.45) is 0. The van der Waals surface area contributed by atoms with Crippen LogP contribution in [0.2, 0.25) is 0 Å². The van der Waals surface area contributed by atoms with Crippen LogP contribution in [0.15, 0.2) is 0 Å². The Kier molecular flexibility index (Phi) is 796. The molecule has 0 aliphatic carbocycles. The largest absolute Gasteiger partial charge is 0.255 e. The highest BCUT2D eigenvalue weighted by molar-refractivity contribution is 3.51. The van der Waals surface area contributed by atoms with E-state index in [1.54, 1.807) is 0 Å². The third-order valence-corrected chi connectivity index (χ3v) is 0.0667. The topological polar surface area (TPSA) is 239 Å². The van der Waals surface area contributed by atoms with Gasteiger partial charge in [-0.15, -0.1) is 0 Å². The Bertz CT molecular complexity index is 21.8. The molecule has 0 saturated heterocycles. The second-order valence-electron chi connectivity index (χ2n) is 0.298. The van der Waals surface area contributed by atoms with Crippen LogP contribution in [0.5, 0.6) is 0 Å². The van der Waals surface area contributed by atoms with Gasteiger partial charge in [0.2, 0.25) is 0 Å². The Hall–Kier alpha value is -0.560. The number of hydrogen-bond donors (Lipinski definition) is 10. The van der Waals surface area contributed by atoms with Gasteiger partial charge in [-0.2, -0.15) is 0 Å². The van der Waals surface area contributed by atoms with Gasteiger partial charge in [0.1, 0.15) is 0 Å². The van der Waals surface area contributed by atoms with Crippen LogP contribution in [0.3, 0.4) is 0 Å². The van der Waals surface area contributed by atoms with Gasteiger partial charge >= 0.3 is 0 Å². The molecule has 0 atom stereocenters. The van der Waals surface area contributed by atoms with Crippen molar-refractivity contribution in [3.8, 4) is 0 Å². The zero-order valence-electron chi connectivity index (χ0n) is 10.1. The summed E-state index contributed by atoms with van der Waals surface area (Å²) in [5.41, 5.74) is 0. The van der Waals surface area contributed by atoms with Crippen LogP contribution < -0.4 is 0 Å². The first-order valence-electron chi connectivity index (χ1n) is 3.66. The second kappa shape index (κ2) is 331. The first-order chi connectivity index (χ1) is 8.83. The van der Waals surface area contributed by atoms with Crippen molar-refractivity contribution in [1.82, 2.24) is 0 Å². The van der Waals surface area contributed by atoms with Crippen molar-refractivity contribution in [2.75, 3.05) is 0 Å². The van der Waals surface area contributed by atoms with Crippen LogP contribution in [0.4, 0.5) is 0 Å². The summed E-state index contributed by atoms with van der Waals surface area (Å²) in [6, 6.07) is 0. The number of rotatable bonds is 2. The van der Waals surface area contributed by atoms with Gasteiger partial charge in [-0.05, 0) is 20.2 Å². The zero-order valence-corrected chi connectivity index (χ0v) is 10.1. The summed E-state index contributed by atoms with van der Waals surface area (Å²) >= 11 is 0. The molecular weight excluding hydrogens is 272 g/mol. The predicted molar refractivity (Wildman–Crippen MR) is 53.3 cm³/mol. The van der Waals surface area contributed by atoms with Gasteiger partial charge in [0.15, 0.2) is 0 Å². The van der Waals surface area contributed by atoms with Crippen LogP contribution in [-0.4, -0.2) is 52.6 Å². The minimum absolute atomic E-state index is 2.00. The Morgan fingerprint density at radius 1 is 0.389 bits per heavy atom. The maximum absolute atomic E-state index is 6.90. The molecule has 0 rings (SSSR count). The van der Waals surface area contributed by atoms with E-state index < -0.39 is 0 Å². The summed E-state index contributed by atoms with van der Waals surface area (Å²) in [5, 5.41) is 74.0. The SMILES string of the molecule is CC.CC.OO.OO.OO.OOOO.OOOO. The molecule has 14 heteroatoms. The standard InChI is InChI=1S/2C2H6.2H2O4.3H2O2/c2*1-2;2*1-3-4-2;3*1-2/h2*1-2H3;2*1-2H;3*1-2H. The molecule has 0 aromatic rings. The lowest BCUT2D eigenvalue weighted by atomic mass is 11.0. The highest BCUT2D eigenvalue weighted by Gasteiger charge is 1.54. The average molecular weight is 294 g/mol. The summed E-state index contributed by atoms with van der Waals surface area (Å²) in [6.45, 7) is 8.00. The second-order valence-corrected chi connectivity index (χ2v) is 0.298. The monoisotopic (exact) mass is 294 g/mol. The van der Waals surface area contributed by atoms with Crippen LogP contribution in [0, 0.1) is 0 Å². The molecule has 0 fully saturated rings. The van der Waals surface area contributed by atoms with Crippen LogP contribution in [0.1, 0.15) is 27.7 Å². The van der Waals surface area contributed by atoms with E-state index in [9.17, 15) is 0 Å². The van der Waals surface area contributed by atoms with Gasteiger partial charge in [-0.3, -0.25) is 31.5 Å². The normalized spacial score (nSPS) is 5.00. The number of hydrogen-bond acceptors (Lipinski definition) is 14. The fourth-order valence-electron chi connectivity index (χ4n) is 0. The molecule has 0 radical (unpaired) electrons. The minimum Gasteiger partial charge on any atom is -0.255 e. The van der Waals surface area contributed by atoms with E-state index in [-0.39, 0.29) is 0 Å². The first-order valence-corrected chi connectivity index (χ1v) is 3.66. The summed E-state index contributed by atoms with van der Waals surface area (Å²) in [5.74, 6) is 0. The molecule has 0 bridgehead atoms. The Labute approximate surface area is 102 Å². The molecule has 0 aromatic heterocycles. The third-order valence-electron chi connectivity index (χ3n) is 0.0667. The third kappa shape index (κ3) is 1550. The molecule has 0 amide bonds. The highest BCUT2D eigenvalue weighted by Crippen LogP contribution is 1.50. The summed E-state index contributed by atoms with van der Waals surface area (Å²) in [4.78, 5) is 0. The fraction of sp³-hybridized carbons (Fsp3) is 1.00. The van der Waals surface area contributed by atoms with Gasteiger partial charge in [-0.1, -0.05) is 27.7 Å². The van der Waals surface area contributed by atoms with Gasteiger partial charge in [-0.25, -0.2) is 21.0 Å². The van der Waals surface area contributed by atoms with Crippen molar-refractivity contribution in [2.45, 2.75) is 27.7 Å². The zero-order chi connectivity index (χ0) is 16.8. The van der Waals surface area contributed by atoms with Gasteiger partial charge in [0, 0.05) is 0 Å². The van der Waals surface area contributed by atoms with E-state index in [2.05, 4.69) is 20.2 Å². The molecule has 0 aliphatic heterocycles. The van der Waals surface area contributed by atoms with E-state index in [1.807, 2.05) is 27.7 Å². The molecule has 0 aromatic carbocycles. The Morgan fingerprint density at radius 2 is 0.444 bits per heavy atom. The molecule has 0 spiro atoms. The van der Waals surface area contributed by atoms with Crippen molar-refractivity contribution >= 4 is 0 Å². The van der Waals surface area contributed by atoms with Crippen molar-refractivity contribution < 1.29 is 72.7 Å². The van der Waals surface area contributed by atoms with Crippen molar-refractivity contribution in [3.63, 3.8) is 0 Å². The maximum atomic E-state index is 6.90. The van der Waals surface area contributed by atoms with E-state index in [0.717, 1.165) is 0 Å². The van der Waals surface area contributed by atoms with Crippen LogP contribution >= 0.6 is 0 Å². The molecule has 0 unspecified atom stereocenters. The predicted octanol–water partition coefficient (Wildman–Crippen LogP) is 1.87. The Morgan fingerprint density at radius 3 is 0.444 bits per heavy atom. The smallest absolute Gasteiger partial charge is 0.0395 e.